The van der Waals surface area contributed by atoms with Crippen LogP contribution in [-0.4, -0.2) is 39.9 Å². The van der Waals surface area contributed by atoms with Gasteiger partial charge in [0.25, 0.3) is 11.8 Å². The summed E-state index contributed by atoms with van der Waals surface area (Å²) in [6.45, 7) is 0. The number of imide groups is 1. The number of hydrogen-bond donors (Lipinski definition) is 0. The standard InChI is InChI=1S/C14H9N3O5/c1-21-8-6-15-11(16-7-8)14(20)22-17-12(18)9-4-2-3-5-10(9)13(17)19/h2-7H,1H3. The number of methoxy groups -OCH3 is 1. The van der Waals surface area contributed by atoms with E-state index in [1.54, 1.807) is 12.1 Å². The van der Waals surface area contributed by atoms with Gasteiger partial charge in [0.1, 0.15) is 0 Å². The Morgan fingerprint density at radius 3 is 2.09 bits per heavy atom. The van der Waals surface area contributed by atoms with E-state index in [-0.39, 0.29) is 17.0 Å². The molecule has 3 rings (SSSR count). The van der Waals surface area contributed by atoms with Crippen LogP contribution in [0.1, 0.15) is 31.3 Å². The summed E-state index contributed by atoms with van der Waals surface area (Å²) in [6, 6.07) is 6.18. The fourth-order valence-corrected chi connectivity index (χ4v) is 1.90. The van der Waals surface area contributed by atoms with Gasteiger partial charge in [-0.25, -0.2) is 14.8 Å². The lowest BCUT2D eigenvalue weighted by atomic mass is 10.1. The molecule has 8 heteroatoms. The number of benzene rings is 1. The van der Waals surface area contributed by atoms with E-state index in [9.17, 15) is 14.4 Å². The quantitative estimate of drug-likeness (QED) is 0.775. The van der Waals surface area contributed by atoms with Crippen molar-refractivity contribution in [3.8, 4) is 5.75 Å². The number of ether oxygens (including phenoxy) is 1. The predicted octanol–water partition coefficient (Wildman–Crippen LogP) is 0.853. The highest BCUT2D eigenvalue weighted by molar-refractivity contribution is 6.21. The number of carbonyl (C=O) groups excluding carboxylic acids is 3. The Morgan fingerprint density at radius 2 is 1.59 bits per heavy atom. The fourth-order valence-electron chi connectivity index (χ4n) is 1.90. The summed E-state index contributed by atoms with van der Waals surface area (Å²) in [5.74, 6) is -2.36. The van der Waals surface area contributed by atoms with Crippen molar-refractivity contribution in [2.24, 2.45) is 0 Å². The minimum absolute atomic E-state index is 0.177. The van der Waals surface area contributed by atoms with Gasteiger partial charge in [-0.3, -0.25) is 9.59 Å². The molecule has 0 atom stereocenters. The summed E-state index contributed by atoms with van der Waals surface area (Å²) in [5.41, 5.74) is 0.354. The third-order valence-electron chi connectivity index (χ3n) is 2.98. The van der Waals surface area contributed by atoms with E-state index in [1.165, 1.54) is 31.6 Å². The fraction of sp³-hybridized carbons (Fsp3) is 0.0714. The molecule has 0 radical (unpaired) electrons. The van der Waals surface area contributed by atoms with Gasteiger partial charge in [-0.1, -0.05) is 17.2 Å². The number of amides is 2. The van der Waals surface area contributed by atoms with Crippen LogP contribution in [0, 0.1) is 0 Å². The number of fused-ring (bicyclic) bond motifs is 1. The van der Waals surface area contributed by atoms with Crippen molar-refractivity contribution in [3.63, 3.8) is 0 Å². The van der Waals surface area contributed by atoms with Gasteiger partial charge >= 0.3 is 5.97 Å². The molecule has 2 heterocycles. The molecule has 0 aliphatic carbocycles. The zero-order valence-electron chi connectivity index (χ0n) is 11.3. The Balaban J connectivity index is 1.80. The van der Waals surface area contributed by atoms with E-state index in [0.29, 0.717) is 10.8 Å². The second-order valence-electron chi connectivity index (χ2n) is 4.28. The Kier molecular flexibility index (Phi) is 3.26. The zero-order chi connectivity index (χ0) is 15.7. The van der Waals surface area contributed by atoms with Crippen molar-refractivity contribution < 1.29 is 24.0 Å². The monoisotopic (exact) mass is 299 g/mol. The molecule has 1 aromatic heterocycles. The number of rotatable bonds is 3. The average molecular weight is 299 g/mol. The van der Waals surface area contributed by atoms with Gasteiger partial charge in [0, 0.05) is 0 Å². The van der Waals surface area contributed by atoms with E-state index in [4.69, 9.17) is 9.57 Å². The van der Waals surface area contributed by atoms with E-state index in [2.05, 4.69) is 9.97 Å². The summed E-state index contributed by atoms with van der Waals surface area (Å²) in [6.07, 6.45) is 2.54. The number of hydrogen-bond acceptors (Lipinski definition) is 7. The molecule has 0 unspecified atom stereocenters. The van der Waals surface area contributed by atoms with E-state index >= 15 is 0 Å². The molecule has 0 saturated carbocycles. The van der Waals surface area contributed by atoms with Crippen LogP contribution in [0.15, 0.2) is 36.7 Å². The summed E-state index contributed by atoms with van der Waals surface area (Å²) in [7, 11) is 1.43. The van der Waals surface area contributed by atoms with E-state index in [0.717, 1.165) is 0 Å². The maximum absolute atomic E-state index is 12.0. The molecule has 1 aliphatic rings. The van der Waals surface area contributed by atoms with Crippen molar-refractivity contribution in [2.75, 3.05) is 7.11 Å². The van der Waals surface area contributed by atoms with Gasteiger partial charge in [-0.2, -0.15) is 0 Å². The lowest BCUT2D eigenvalue weighted by Crippen LogP contribution is -2.33. The summed E-state index contributed by atoms with van der Waals surface area (Å²) < 4.78 is 4.86. The topological polar surface area (TPSA) is 98.7 Å². The number of hydroxylamine groups is 2. The number of aromatic nitrogens is 2. The van der Waals surface area contributed by atoms with Gasteiger partial charge in [0.05, 0.1) is 30.6 Å². The summed E-state index contributed by atoms with van der Waals surface area (Å²) >= 11 is 0. The first-order valence-electron chi connectivity index (χ1n) is 6.18. The zero-order valence-corrected chi connectivity index (χ0v) is 11.3. The first kappa shape index (κ1) is 13.7. The Morgan fingerprint density at radius 1 is 1.05 bits per heavy atom. The maximum atomic E-state index is 12.0. The molecule has 0 N–H and O–H groups in total. The maximum Gasteiger partial charge on any atom is 0.401 e. The molecule has 0 saturated heterocycles. The second-order valence-corrected chi connectivity index (χ2v) is 4.28. The number of nitrogens with zero attached hydrogens (tertiary/aromatic N) is 3. The van der Waals surface area contributed by atoms with Crippen LogP contribution in [0.5, 0.6) is 5.75 Å². The van der Waals surface area contributed by atoms with Gasteiger partial charge in [0.2, 0.25) is 5.82 Å². The molecule has 2 aromatic rings. The van der Waals surface area contributed by atoms with Crippen LogP contribution in [0.4, 0.5) is 0 Å². The van der Waals surface area contributed by atoms with Crippen molar-refractivity contribution in [1.29, 1.82) is 0 Å². The summed E-state index contributed by atoms with van der Waals surface area (Å²) in [5, 5.41) is 0.403. The van der Waals surface area contributed by atoms with Crippen LogP contribution in [0.2, 0.25) is 0 Å². The van der Waals surface area contributed by atoms with Crippen molar-refractivity contribution in [1.82, 2.24) is 15.0 Å². The van der Waals surface area contributed by atoms with Crippen molar-refractivity contribution >= 4 is 17.8 Å². The first-order chi connectivity index (χ1) is 10.6. The highest BCUT2D eigenvalue weighted by Gasteiger charge is 2.39. The summed E-state index contributed by atoms with van der Waals surface area (Å²) in [4.78, 5) is 48.3. The molecule has 2 amide bonds. The minimum Gasteiger partial charge on any atom is -0.494 e. The van der Waals surface area contributed by atoms with Gasteiger partial charge < -0.3 is 9.57 Å². The van der Waals surface area contributed by atoms with Crippen molar-refractivity contribution in [2.45, 2.75) is 0 Å². The Bertz CT molecular complexity index is 737. The number of carbonyl (C=O) groups is 3. The van der Waals surface area contributed by atoms with Crippen LogP contribution in [0.3, 0.4) is 0 Å². The molecular formula is C14H9N3O5. The lowest BCUT2D eigenvalue weighted by Gasteiger charge is -2.11. The van der Waals surface area contributed by atoms with E-state index in [1.807, 2.05) is 0 Å². The van der Waals surface area contributed by atoms with E-state index < -0.39 is 17.8 Å². The van der Waals surface area contributed by atoms with Gasteiger partial charge in [-0.15, -0.1) is 0 Å². The van der Waals surface area contributed by atoms with Crippen molar-refractivity contribution in [3.05, 3.63) is 53.6 Å². The largest absolute Gasteiger partial charge is 0.494 e. The first-order valence-corrected chi connectivity index (χ1v) is 6.18. The third-order valence-corrected chi connectivity index (χ3v) is 2.98. The highest BCUT2D eigenvalue weighted by atomic mass is 16.7. The van der Waals surface area contributed by atoms with Crippen LogP contribution < -0.4 is 4.74 Å². The molecule has 0 bridgehead atoms. The Hall–Kier alpha value is -3.29. The lowest BCUT2D eigenvalue weighted by molar-refractivity contribution is -0.0592. The predicted molar refractivity (Wildman–Crippen MR) is 70.9 cm³/mol. The second kappa shape index (κ2) is 5.24. The molecule has 1 aliphatic heterocycles. The average Bonchev–Trinajstić information content (AvgIpc) is 2.80. The van der Waals surface area contributed by atoms with Crippen LogP contribution in [0.25, 0.3) is 0 Å². The van der Waals surface area contributed by atoms with Crippen LogP contribution in [-0.2, 0) is 4.84 Å². The molecule has 1 aromatic carbocycles. The highest BCUT2D eigenvalue weighted by Crippen LogP contribution is 2.23. The Labute approximate surface area is 124 Å². The molecule has 22 heavy (non-hydrogen) atoms. The van der Waals surface area contributed by atoms with Crippen LogP contribution >= 0.6 is 0 Å². The molecule has 0 spiro atoms. The van der Waals surface area contributed by atoms with Gasteiger partial charge in [0.15, 0.2) is 5.75 Å². The molecule has 110 valence electrons. The molecule has 8 nitrogen and oxygen atoms in total. The van der Waals surface area contributed by atoms with Gasteiger partial charge in [-0.05, 0) is 12.1 Å². The SMILES string of the molecule is COc1cnc(C(=O)ON2C(=O)c3ccccc3C2=O)nc1. The smallest absolute Gasteiger partial charge is 0.401 e. The molecule has 0 fully saturated rings. The third kappa shape index (κ3) is 2.16. The molecular weight excluding hydrogens is 290 g/mol. The minimum atomic E-state index is -1.02. The normalized spacial score (nSPS) is 13.0.